The van der Waals surface area contributed by atoms with Crippen molar-refractivity contribution in [3.63, 3.8) is 0 Å². The van der Waals surface area contributed by atoms with Crippen LogP contribution >= 0.6 is 0 Å². The van der Waals surface area contributed by atoms with E-state index in [2.05, 4.69) is 10.3 Å². The highest BCUT2D eigenvalue weighted by Gasteiger charge is 2.22. The van der Waals surface area contributed by atoms with Crippen LogP contribution in [0.3, 0.4) is 0 Å². The van der Waals surface area contributed by atoms with E-state index in [4.69, 9.17) is 0 Å². The number of hydrogen-bond donors (Lipinski definition) is 2. The Labute approximate surface area is 228 Å². The molecule has 3 aromatic carbocycles. The summed E-state index contributed by atoms with van der Waals surface area (Å²) in [4.78, 5) is 44.1. The number of carbonyl (C=O) groups excluding carboxylic acids is 2. The fourth-order valence-electron chi connectivity index (χ4n) is 4.45. The molecule has 0 aliphatic rings. The van der Waals surface area contributed by atoms with Crippen LogP contribution in [0.2, 0.25) is 0 Å². The summed E-state index contributed by atoms with van der Waals surface area (Å²) in [5, 5.41) is 12.3. The molecule has 0 spiro atoms. The number of rotatable bonds is 11. The van der Waals surface area contributed by atoms with Gasteiger partial charge in [-0.1, -0.05) is 72.3 Å². The second-order valence-electron chi connectivity index (χ2n) is 9.31. The third kappa shape index (κ3) is 7.38. The minimum Gasteiger partial charge on any atom is -0.481 e. The molecule has 198 valence electrons. The number of carboxylic acid groups (broad SMARTS) is 1. The van der Waals surface area contributed by atoms with Crippen LogP contribution in [-0.2, 0) is 17.8 Å². The van der Waals surface area contributed by atoms with E-state index in [1.165, 1.54) is 0 Å². The molecule has 0 atom stereocenters. The van der Waals surface area contributed by atoms with Crippen molar-refractivity contribution in [3.05, 3.63) is 125 Å². The van der Waals surface area contributed by atoms with E-state index in [1.807, 2.05) is 67.6 Å². The molecule has 0 radical (unpaired) electrons. The lowest BCUT2D eigenvalue weighted by Gasteiger charge is -2.24. The monoisotopic (exact) mass is 521 g/mol. The van der Waals surface area contributed by atoms with Crippen molar-refractivity contribution in [3.8, 4) is 11.1 Å². The molecule has 0 fully saturated rings. The molecular formula is C32H31N3O4. The summed E-state index contributed by atoms with van der Waals surface area (Å²) >= 11 is 0. The topological polar surface area (TPSA) is 99.6 Å². The lowest BCUT2D eigenvalue weighted by atomic mass is 9.94. The smallest absolute Gasteiger partial charge is 0.305 e. The third-order valence-corrected chi connectivity index (χ3v) is 6.43. The maximum absolute atomic E-state index is 13.8. The molecule has 7 nitrogen and oxygen atoms in total. The molecule has 0 unspecified atom stereocenters. The molecule has 4 aromatic rings. The molecule has 39 heavy (non-hydrogen) atoms. The summed E-state index contributed by atoms with van der Waals surface area (Å²) in [7, 11) is 0. The van der Waals surface area contributed by atoms with Crippen molar-refractivity contribution >= 4 is 17.8 Å². The van der Waals surface area contributed by atoms with Crippen molar-refractivity contribution in [1.29, 1.82) is 0 Å². The van der Waals surface area contributed by atoms with E-state index in [9.17, 15) is 19.5 Å². The van der Waals surface area contributed by atoms with Crippen molar-refractivity contribution in [2.45, 2.75) is 26.3 Å². The predicted molar refractivity (Wildman–Crippen MR) is 150 cm³/mol. The van der Waals surface area contributed by atoms with Crippen LogP contribution in [-0.4, -0.2) is 45.9 Å². The Hall–Kier alpha value is -4.78. The first-order valence-corrected chi connectivity index (χ1v) is 12.8. The SMILES string of the molecule is Cc1cccc(CNC(=O)c2ccccc2-c2ccccc2C(=O)N(CCC(=O)O)CCc2cccnc2)c1. The summed E-state index contributed by atoms with van der Waals surface area (Å²) in [5.74, 6) is -1.50. The van der Waals surface area contributed by atoms with Gasteiger partial charge in [0.25, 0.3) is 11.8 Å². The average Bonchev–Trinajstić information content (AvgIpc) is 2.96. The Balaban J connectivity index is 1.60. The molecule has 0 aliphatic carbocycles. The zero-order chi connectivity index (χ0) is 27.6. The Kier molecular flexibility index (Phi) is 9.19. The lowest BCUT2D eigenvalue weighted by Crippen LogP contribution is -2.35. The molecule has 0 saturated carbocycles. The number of aromatic nitrogens is 1. The molecule has 2 amide bonds. The Morgan fingerprint density at radius 3 is 2.21 bits per heavy atom. The summed E-state index contributed by atoms with van der Waals surface area (Å²) < 4.78 is 0. The highest BCUT2D eigenvalue weighted by molar-refractivity contribution is 6.06. The zero-order valence-electron chi connectivity index (χ0n) is 21.8. The second kappa shape index (κ2) is 13.1. The minimum absolute atomic E-state index is 0.0708. The van der Waals surface area contributed by atoms with Gasteiger partial charge < -0.3 is 15.3 Å². The Morgan fingerprint density at radius 2 is 1.51 bits per heavy atom. The molecule has 1 heterocycles. The summed E-state index contributed by atoms with van der Waals surface area (Å²) in [6.45, 7) is 2.80. The molecule has 0 saturated heterocycles. The first kappa shape index (κ1) is 27.3. The first-order chi connectivity index (χ1) is 18.9. The first-order valence-electron chi connectivity index (χ1n) is 12.8. The number of benzene rings is 3. The zero-order valence-corrected chi connectivity index (χ0v) is 21.8. The summed E-state index contributed by atoms with van der Waals surface area (Å²) in [6, 6.07) is 26.0. The fraction of sp³-hybridized carbons (Fsp3) is 0.188. The van der Waals surface area contributed by atoms with Gasteiger partial charge in [0.15, 0.2) is 0 Å². The van der Waals surface area contributed by atoms with Gasteiger partial charge in [-0.2, -0.15) is 0 Å². The van der Waals surface area contributed by atoms with Crippen molar-refractivity contribution in [1.82, 2.24) is 15.2 Å². The van der Waals surface area contributed by atoms with E-state index in [-0.39, 0.29) is 24.8 Å². The largest absolute Gasteiger partial charge is 0.481 e. The number of carbonyl (C=O) groups is 3. The second-order valence-corrected chi connectivity index (χ2v) is 9.31. The molecule has 4 rings (SSSR count). The molecule has 2 N–H and O–H groups in total. The quantitative estimate of drug-likeness (QED) is 0.285. The van der Waals surface area contributed by atoms with E-state index in [0.717, 1.165) is 16.7 Å². The maximum atomic E-state index is 13.8. The fourth-order valence-corrected chi connectivity index (χ4v) is 4.45. The van der Waals surface area contributed by atoms with Crippen LogP contribution < -0.4 is 5.32 Å². The van der Waals surface area contributed by atoms with Crippen LogP contribution in [0.25, 0.3) is 11.1 Å². The molecule has 0 bridgehead atoms. The number of aliphatic carboxylic acids is 1. The van der Waals surface area contributed by atoms with Gasteiger partial charge in [-0.15, -0.1) is 0 Å². The number of carboxylic acids is 1. The maximum Gasteiger partial charge on any atom is 0.305 e. The van der Waals surface area contributed by atoms with E-state index < -0.39 is 5.97 Å². The average molecular weight is 522 g/mol. The Bertz CT molecular complexity index is 1450. The van der Waals surface area contributed by atoms with Gasteiger partial charge >= 0.3 is 5.97 Å². The number of nitrogens with zero attached hydrogens (tertiary/aromatic N) is 2. The van der Waals surface area contributed by atoms with Crippen LogP contribution in [0, 0.1) is 6.92 Å². The number of amides is 2. The highest BCUT2D eigenvalue weighted by atomic mass is 16.4. The van der Waals surface area contributed by atoms with Gasteiger partial charge in [0, 0.05) is 43.2 Å². The third-order valence-electron chi connectivity index (χ3n) is 6.43. The molecule has 0 aliphatic heterocycles. The van der Waals surface area contributed by atoms with Gasteiger partial charge in [-0.05, 0) is 53.8 Å². The normalized spacial score (nSPS) is 10.6. The van der Waals surface area contributed by atoms with E-state index in [1.54, 1.807) is 41.6 Å². The highest BCUT2D eigenvalue weighted by Crippen LogP contribution is 2.28. The van der Waals surface area contributed by atoms with Crippen LogP contribution in [0.15, 0.2) is 97.3 Å². The molecule has 1 aromatic heterocycles. The van der Waals surface area contributed by atoms with Crippen LogP contribution in [0.1, 0.15) is 43.8 Å². The van der Waals surface area contributed by atoms with Gasteiger partial charge in [0.1, 0.15) is 0 Å². The summed E-state index contributed by atoms with van der Waals surface area (Å²) in [6.07, 6.45) is 3.79. The Morgan fingerprint density at radius 1 is 0.821 bits per heavy atom. The van der Waals surface area contributed by atoms with Gasteiger partial charge in [0.2, 0.25) is 0 Å². The molecule has 7 heteroatoms. The van der Waals surface area contributed by atoms with Crippen LogP contribution in [0.4, 0.5) is 0 Å². The lowest BCUT2D eigenvalue weighted by molar-refractivity contribution is -0.137. The standard InChI is InChI=1S/C32H31N3O4/c1-23-8-6-9-25(20-23)22-34-31(38)28-13-4-2-11-26(28)27-12-3-5-14-29(27)32(39)35(19-16-30(36)37)18-15-24-10-7-17-33-21-24/h2-14,17,20-21H,15-16,18-19,22H2,1H3,(H,34,38)(H,36,37). The van der Waals surface area contributed by atoms with Crippen molar-refractivity contribution in [2.75, 3.05) is 13.1 Å². The van der Waals surface area contributed by atoms with Crippen LogP contribution in [0.5, 0.6) is 0 Å². The van der Waals surface area contributed by atoms with E-state index >= 15 is 0 Å². The summed E-state index contributed by atoms with van der Waals surface area (Å²) in [5.41, 5.74) is 5.18. The minimum atomic E-state index is -0.974. The number of nitrogens with one attached hydrogen (secondary N) is 1. The van der Waals surface area contributed by atoms with E-state index in [0.29, 0.717) is 41.8 Å². The number of pyridine rings is 1. The number of aryl methyl sites for hydroxylation is 1. The number of hydrogen-bond acceptors (Lipinski definition) is 4. The van der Waals surface area contributed by atoms with Gasteiger partial charge in [0.05, 0.1) is 6.42 Å². The van der Waals surface area contributed by atoms with Crippen molar-refractivity contribution < 1.29 is 19.5 Å². The van der Waals surface area contributed by atoms with Gasteiger partial charge in [-0.3, -0.25) is 19.4 Å². The van der Waals surface area contributed by atoms with Gasteiger partial charge in [-0.25, -0.2) is 0 Å². The molecular weight excluding hydrogens is 490 g/mol. The van der Waals surface area contributed by atoms with Crippen molar-refractivity contribution in [2.24, 2.45) is 0 Å². The predicted octanol–water partition coefficient (Wildman–Crippen LogP) is 5.15.